The van der Waals surface area contributed by atoms with Crippen LogP contribution in [0.3, 0.4) is 0 Å². The number of carbonyl (C=O) groups excluding carboxylic acids is 1. The third-order valence-corrected chi connectivity index (χ3v) is 4.28. The van der Waals surface area contributed by atoms with E-state index in [0.717, 1.165) is 25.0 Å². The predicted molar refractivity (Wildman–Crippen MR) is 75.5 cm³/mol. The molecule has 3 heteroatoms. The van der Waals surface area contributed by atoms with Gasteiger partial charge < -0.3 is 4.74 Å². The molecule has 0 amide bonds. The molecule has 0 unspecified atom stereocenters. The summed E-state index contributed by atoms with van der Waals surface area (Å²) in [4.78, 5) is 14.3. The second-order valence-electron chi connectivity index (χ2n) is 5.28. The smallest absolute Gasteiger partial charge is 0.234 e. The number of hydrogen-bond donors (Lipinski definition) is 0. The van der Waals surface area contributed by atoms with Gasteiger partial charge in [-0.3, -0.25) is 0 Å². The molecule has 1 aromatic carbocycles. The topological polar surface area (TPSA) is 38.7 Å². The van der Waals surface area contributed by atoms with Crippen LogP contribution in [0.4, 0.5) is 0 Å². The minimum atomic E-state index is 0.0353. The standard InChI is InChI=1S/C16H21NO2/c1-3-13-10-14(6-7-15(13)19-2)16(11-17-12-18)8-4-5-9-16/h6-7,10H,3-5,8-9,11H2,1-2H3. The van der Waals surface area contributed by atoms with Gasteiger partial charge in [0.15, 0.2) is 0 Å². The van der Waals surface area contributed by atoms with Crippen LogP contribution in [-0.2, 0) is 16.6 Å². The lowest BCUT2D eigenvalue weighted by Gasteiger charge is -2.28. The molecule has 1 aromatic rings. The van der Waals surface area contributed by atoms with Crippen molar-refractivity contribution in [3.63, 3.8) is 0 Å². The summed E-state index contributed by atoms with van der Waals surface area (Å²) in [5, 5.41) is 0. The number of ether oxygens (including phenoxy) is 1. The summed E-state index contributed by atoms with van der Waals surface area (Å²) in [6, 6.07) is 6.40. The van der Waals surface area contributed by atoms with Gasteiger partial charge in [0.1, 0.15) is 5.75 Å². The molecule has 0 saturated heterocycles. The van der Waals surface area contributed by atoms with Crippen molar-refractivity contribution < 1.29 is 9.53 Å². The molecule has 0 spiro atoms. The van der Waals surface area contributed by atoms with Crippen LogP contribution in [-0.4, -0.2) is 19.7 Å². The number of nitrogens with zero attached hydrogens (tertiary/aromatic N) is 1. The lowest BCUT2D eigenvalue weighted by atomic mass is 9.78. The molecule has 0 bridgehead atoms. The van der Waals surface area contributed by atoms with E-state index in [-0.39, 0.29) is 5.41 Å². The second-order valence-corrected chi connectivity index (χ2v) is 5.28. The highest BCUT2D eigenvalue weighted by Crippen LogP contribution is 2.42. The lowest BCUT2D eigenvalue weighted by molar-refractivity contribution is 0.407. The van der Waals surface area contributed by atoms with E-state index in [1.54, 1.807) is 13.2 Å². The first kappa shape index (κ1) is 13.8. The molecule has 0 N–H and O–H groups in total. The number of hydrogen-bond acceptors (Lipinski definition) is 3. The Labute approximate surface area is 114 Å². The SMILES string of the molecule is CCc1cc(C2(CN=C=O)CCCC2)ccc1OC. The zero-order valence-corrected chi connectivity index (χ0v) is 11.7. The summed E-state index contributed by atoms with van der Waals surface area (Å²) in [6.45, 7) is 2.69. The molecule has 2 rings (SSSR count). The van der Waals surface area contributed by atoms with Crippen molar-refractivity contribution in [3.8, 4) is 5.75 Å². The fourth-order valence-corrected chi connectivity index (χ4v) is 3.16. The van der Waals surface area contributed by atoms with Crippen molar-refractivity contribution in [2.24, 2.45) is 4.99 Å². The predicted octanol–water partition coefficient (Wildman–Crippen LogP) is 3.41. The minimum absolute atomic E-state index is 0.0353. The van der Waals surface area contributed by atoms with Crippen LogP contribution in [0.25, 0.3) is 0 Å². The number of aliphatic imine (C=N–C) groups is 1. The first-order chi connectivity index (χ1) is 9.25. The van der Waals surface area contributed by atoms with Crippen LogP contribution in [0.15, 0.2) is 23.2 Å². The molecule has 1 aliphatic rings. The van der Waals surface area contributed by atoms with Crippen LogP contribution in [0.5, 0.6) is 5.75 Å². The molecule has 102 valence electrons. The fourth-order valence-electron chi connectivity index (χ4n) is 3.16. The molecular formula is C16H21NO2. The van der Waals surface area contributed by atoms with Gasteiger partial charge in [0.25, 0.3) is 0 Å². The minimum Gasteiger partial charge on any atom is -0.496 e. The zero-order chi connectivity index (χ0) is 13.7. The number of aryl methyl sites for hydroxylation is 1. The quantitative estimate of drug-likeness (QED) is 0.600. The number of isocyanates is 1. The Bertz CT molecular complexity index is 484. The van der Waals surface area contributed by atoms with Gasteiger partial charge in [-0.25, -0.2) is 9.79 Å². The van der Waals surface area contributed by atoms with Crippen molar-refractivity contribution >= 4 is 6.08 Å². The number of methoxy groups -OCH3 is 1. The fraction of sp³-hybridized carbons (Fsp3) is 0.562. The summed E-state index contributed by atoms with van der Waals surface area (Å²) >= 11 is 0. The Morgan fingerprint density at radius 2 is 2.11 bits per heavy atom. The van der Waals surface area contributed by atoms with Gasteiger partial charge in [-0.05, 0) is 36.5 Å². The van der Waals surface area contributed by atoms with Gasteiger partial charge in [0.2, 0.25) is 6.08 Å². The van der Waals surface area contributed by atoms with Crippen molar-refractivity contribution in [1.82, 2.24) is 0 Å². The molecule has 19 heavy (non-hydrogen) atoms. The van der Waals surface area contributed by atoms with E-state index >= 15 is 0 Å². The molecule has 0 aromatic heterocycles. The second kappa shape index (κ2) is 6.03. The van der Waals surface area contributed by atoms with Crippen LogP contribution in [0.2, 0.25) is 0 Å². The van der Waals surface area contributed by atoms with Gasteiger partial charge >= 0.3 is 0 Å². The zero-order valence-electron chi connectivity index (χ0n) is 11.7. The highest BCUT2D eigenvalue weighted by molar-refractivity contribution is 5.42. The van der Waals surface area contributed by atoms with Gasteiger partial charge in [-0.15, -0.1) is 0 Å². The molecule has 1 saturated carbocycles. The molecule has 0 radical (unpaired) electrons. The Morgan fingerprint density at radius 3 is 2.68 bits per heavy atom. The molecule has 0 atom stereocenters. The average Bonchev–Trinajstić information content (AvgIpc) is 2.94. The van der Waals surface area contributed by atoms with Gasteiger partial charge in [-0.2, -0.15) is 0 Å². The Hall–Kier alpha value is -1.60. The van der Waals surface area contributed by atoms with Crippen molar-refractivity contribution in [2.75, 3.05) is 13.7 Å². The van der Waals surface area contributed by atoms with Crippen LogP contribution in [0.1, 0.15) is 43.7 Å². The molecular weight excluding hydrogens is 238 g/mol. The highest BCUT2D eigenvalue weighted by atomic mass is 16.5. The normalized spacial score (nSPS) is 16.9. The summed E-state index contributed by atoms with van der Waals surface area (Å²) < 4.78 is 5.38. The molecule has 3 nitrogen and oxygen atoms in total. The van der Waals surface area contributed by atoms with Crippen molar-refractivity contribution in [2.45, 2.75) is 44.4 Å². The average molecular weight is 259 g/mol. The van der Waals surface area contributed by atoms with Gasteiger partial charge in [-0.1, -0.05) is 31.9 Å². The van der Waals surface area contributed by atoms with Crippen LogP contribution in [0, 0.1) is 0 Å². The van der Waals surface area contributed by atoms with Crippen molar-refractivity contribution in [1.29, 1.82) is 0 Å². The summed E-state index contributed by atoms with van der Waals surface area (Å²) in [5.41, 5.74) is 2.55. The van der Waals surface area contributed by atoms with E-state index in [1.165, 1.54) is 24.0 Å². The van der Waals surface area contributed by atoms with Gasteiger partial charge in [0.05, 0.1) is 13.7 Å². The highest BCUT2D eigenvalue weighted by Gasteiger charge is 2.35. The maximum absolute atomic E-state index is 10.4. The van der Waals surface area contributed by atoms with Crippen LogP contribution >= 0.6 is 0 Å². The van der Waals surface area contributed by atoms with Crippen molar-refractivity contribution in [3.05, 3.63) is 29.3 Å². The molecule has 0 heterocycles. The largest absolute Gasteiger partial charge is 0.496 e. The maximum atomic E-state index is 10.4. The van der Waals surface area contributed by atoms with E-state index < -0.39 is 0 Å². The first-order valence-electron chi connectivity index (χ1n) is 6.97. The molecule has 1 fully saturated rings. The van der Waals surface area contributed by atoms with E-state index in [0.29, 0.717) is 6.54 Å². The van der Waals surface area contributed by atoms with E-state index in [2.05, 4.69) is 24.0 Å². The van der Waals surface area contributed by atoms with E-state index in [9.17, 15) is 4.79 Å². The number of rotatable bonds is 5. The Morgan fingerprint density at radius 1 is 1.37 bits per heavy atom. The molecule has 0 aliphatic heterocycles. The monoisotopic (exact) mass is 259 g/mol. The van der Waals surface area contributed by atoms with Crippen LogP contribution < -0.4 is 4.74 Å². The number of benzene rings is 1. The Kier molecular flexibility index (Phi) is 4.39. The summed E-state index contributed by atoms with van der Waals surface area (Å²) in [6.07, 6.45) is 7.27. The van der Waals surface area contributed by atoms with E-state index in [1.807, 2.05) is 6.07 Å². The third-order valence-electron chi connectivity index (χ3n) is 4.28. The lowest BCUT2D eigenvalue weighted by Crippen LogP contribution is -2.26. The third kappa shape index (κ3) is 2.71. The van der Waals surface area contributed by atoms with Gasteiger partial charge in [0, 0.05) is 5.41 Å². The Balaban J connectivity index is 2.39. The van der Waals surface area contributed by atoms with E-state index in [4.69, 9.17) is 4.74 Å². The summed E-state index contributed by atoms with van der Waals surface area (Å²) in [7, 11) is 1.70. The summed E-state index contributed by atoms with van der Waals surface area (Å²) in [5.74, 6) is 0.943. The maximum Gasteiger partial charge on any atom is 0.234 e. The first-order valence-corrected chi connectivity index (χ1v) is 6.97. The molecule has 1 aliphatic carbocycles.